The molecule has 0 saturated carbocycles. The van der Waals surface area contributed by atoms with Gasteiger partial charge in [0.1, 0.15) is 0 Å². The zero-order valence-corrected chi connectivity index (χ0v) is 13.6. The SMILES string of the molecule is Cc1cc(C)cc(CS(=O)Cc2ccc(C#N)cc2Cl)c1. The molecule has 1 unspecified atom stereocenters. The molecule has 0 aliphatic rings. The topological polar surface area (TPSA) is 40.9 Å². The van der Waals surface area contributed by atoms with Crippen molar-refractivity contribution in [2.75, 3.05) is 0 Å². The normalized spacial score (nSPS) is 11.9. The first-order chi connectivity index (χ1) is 9.97. The average molecular weight is 318 g/mol. The van der Waals surface area contributed by atoms with Gasteiger partial charge < -0.3 is 0 Å². The van der Waals surface area contributed by atoms with Gasteiger partial charge in [0, 0.05) is 21.6 Å². The molecule has 0 aliphatic carbocycles. The molecule has 0 aromatic heterocycles. The second kappa shape index (κ2) is 6.89. The van der Waals surface area contributed by atoms with Crippen LogP contribution in [0.1, 0.15) is 27.8 Å². The summed E-state index contributed by atoms with van der Waals surface area (Å²) < 4.78 is 12.3. The Labute approximate surface area is 132 Å². The zero-order valence-electron chi connectivity index (χ0n) is 12.0. The number of halogens is 1. The van der Waals surface area contributed by atoms with Gasteiger partial charge >= 0.3 is 0 Å². The number of aryl methyl sites for hydroxylation is 2. The first-order valence-corrected chi connectivity index (χ1v) is 8.45. The smallest absolute Gasteiger partial charge is 0.0992 e. The summed E-state index contributed by atoms with van der Waals surface area (Å²) in [6.45, 7) is 4.08. The largest absolute Gasteiger partial charge is 0.259 e. The molecule has 0 N–H and O–H groups in total. The van der Waals surface area contributed by atoms with Gasteiger partial charge in [0.2, 0.25) is 0 Å². The summed E-state index contributed by atoms with van der Waals surface area (Å²) in [6, 6.07) is 13.4. The van der Waals surface area contributed by atoms with Crippen molar-refractivity contribution in [1.82, 2.24) is 0 Å². The second-order valence-electron chi connectivity index (χ2n) is 5.14. The predicted molar refractivity (Wildman–Crippen MR) is 87.6 cm³/mol. The van der Waals surface area contributed by atoms with Crippen LogP contribution >= 0.6 is 11.6 Å². The molecule has 2 aromatic carbocycles. The fraction of sp³-hybridized carbons (Fsp3) is 0.235. The van der Waals surface area contributed by atoms with Crippen LogP contribution in [0, 0.1) is 25.2 Å². The van der Waals surface area contributed by atoms with Crippen LogP contribution in [0.25, 0.3) is 0 Å². The molecule has 1 atom stereocenters. The number of benzene rings is 2. The molecule has 21 heavy (non-hydrogen) atoms. The number of rotatable bonds is 4. The van der Waals surface area contributed by atoms with E-state index in [1.165, 1.54) is 11.1 Å². The van der Waals surface area contributed by atoms with Crippen LogP contribution in [-0.2, 0) is 22.3 Å². The molecule has 2 nitrogen and oxygen atoms in total. The molecular formula is C17H16ClNOS. The predicted octanol–water partition coefficient (Wildman–Crippen LogP) is 4.28. The van der Waals surface area contributed by atoms with E-state index < -0.39 is 10.8 Å². The Morgan fingerprint density at radius 1 is 1.10 bits per heavy atom. The average Bonchev–Trinajstić information content (AvgIpc) is 2.39. The highest BCUT2D eigenvalue weighted by atomic mass is 35.5. The molecule has 0 bridgehead atoms. The van der Waals surface area contributed by atoms with Crippen molar-refractivity contribution in [2.24, 2.45) is 0 Å². The van der Waals surface area contributed by atoms with E-state index in [4.69, 9.17) is 16.9 Å². The minimum absolute atomic E-state index is 0.400. The summed E-state index contributed by atoms with van der Waals surface area (Å²) in [5.74, 6) is 0.913. The summed E-state index contributed by atoms with van der Waals surface area (Å²) in [7, 11) is -1.02. The van der Waals surface area contributed by atoms with E-state index in [0.717, 1.165) is 11.1 Å². The fourth-order valence-electron chi connectivity index (χ4n) is 2.30. The van der Waals surface area contributed by atoms with E-state index in [0.29, 0.717) is 22.1 Å². The van der Waals surface area contributed by atoms with E-state index in [-0.39, 0.29) is 0 Å². The van der Waals surface area contributed by atoms with Crippen molar-refractivity contribution >= 4 is 22.4 Å². The van der Waals surface area contributed by atoms with E-state index in [1.807, 2.05) is 19.9 Å². The third-order valence-corrected chi connectivity index (χ3v) is 4.75. The molecule has 0 radical (unpaired) electrons. The van der Waals surface area contributed by atoms with Gasteiger partial charge in [-0.2, -0.15) is 5.26 Å². The van der Waals surface area contributed by atoms with E-state index in [9.17, 15) is 4.21 Å². The van der Waals surface area contributed by atoms with Gasteiger partial charge in [-0.05, 0) is 37.1 Å². The number of hydrogen-bond acceptors (Lipinski definition) is 2. The van der Waals surface area contributed by atoms with Gasteiger partial charge in [-0.1, -0.05) is 47.0 Å². The number of nitriles is 1. The molecule has 2 aromatic rings. The van der Waals surface area contributed by atoms with Crippen LogP contribution in [-0.4, -0.2) is 4.21 Å². The van der Waals surface area contributed by atoms with Crippen molar-refractivity contribution in [2.45, 2.75) is 25.4 Å². The fourth-order valence-corrected chi connectivity index (χ4v) is 3.86. The maximum Gasteiger partial charge on any atom is 0.0992 e. The standard InChI is InChI=1S/C17H16ClNOS/c1-12-5-13(2)7-15(6-12)10-21(20)11-16-4-3-14(9-19)8-17(16)18/h3-8H,10-11H2,1-2H3. The van der Waals surface area contributed by atoms with Crippen molar-refractivity contribution in [3.8, 4) is 6.07 Å². The summed E-state index contributed by atoms with van der Waals surface area (Å²) >= 11 is 6.12. The van der Waals surface area contributed by atoms with Gasteiger partial charge in [0.15, 0.2) is 0 Å². The maximum atomic E-state index is 12.3. The Morgan fingerprint density at radius 2 is 1.76 bits per heavy atom. The summed E-state index contributed by atoms with van der Waals surface area (Å²) in [4.78, 5) is 0. The van der Waals surface area contributed by atoms with Crippen LogP contribution in [0.3, 0.4) is 0 Å². The van der Waals surface area contributed by atoms with Crippen LogP contribution in [0.15, 0.2) is 36.4 Å². The number of hydrogen-bond donors (Lipinski definition) is 0. The van der Waals surface area contributed by atoms with Crippen LogP contribution in [0.5, 0.6) is 0 Å². The molecular weight excluding hydrogens is 302 g/mol. The van der Waals surface area contributed by atoms with Crippen LogP contribution in [0.2, 0.25) is 5.02 Å². The Balaban J connectivity index is 2.10. The Kier molecular flexibility index (Phi) is 5.17. The van der Waals surface area contributed by atoms with E-state index in [1.54, 1.807) is 18.2 Å². The molecule has 4 heteroatoms. The molecule has 108 valence electrons. The first-order valence-electron chi connectivity index (χ1n) is 6.58. The van der Waals surface area contributed by atoms with E-state index in [2.05, 4.69) is 18.2 Å². The lowest BCUT2D eigenvalue weighted by atomic mass is 10.1. The maximum absolute atomic E-state index is 12.3. The molecule has 0 heterocycles. The molecule has 0 fully saturated rings. The molecule has 0 spiro atoms. The van der Waals surface area contributed by atoms with E-state index >= 15 is 0 Å². The molecule has 0 saturated heterocycles. The Bertz CT molecular complexity index is 714. The van der Waals surface area contributed by atoms with Gasteiger partial charge in [0.25, 0.3) is 0 Å². The van der Waals surface area contributed by atoms with Crippen LogP contribution < -0.4 is 0 Å². The third-order valence-electron chi connectivity index (χ3n) is 3.11. The van der Waals surface area contributed by atoms with Crippen molar-refractivity contribution < 1.29 is 4.21 Å². The van der Waals surface area contributed by atoms with Gasteiger partial charge in [-0.3, -0.25) is 4.21 Å². The van der Waals surface area contributed by atoms with Gasteiger partial charge in [-0.15, -0.1) is 0 Å². The highest BCUT2D eigenvalue weighted by Gasteiger charge is 2.08. The number of nitrogens with zero attached hydrogens (tertiary/aromatic N) is 1. The minimum atomic E-state index is -1.02. The molecule has 0 amide bonds. The third kappa shape index (κ3) is 4.42. The zero-order chi connectivity index (χ0) is 15.4. The van der Waals surface area contributed by atoms with Gasteiger partial charge in [0.05, 0.1) is 17.4 Å². The summed E-state index contributed by atoms with van der Waals surface area (Å²) in [5, 5.41) is 9.32. The first kappa shape index (κ1) is 15.8. The van der Waals surface area contributed by atoms with Crippen molar-refractivity contribution in [3.63, 3.8) is 0 Å². The van der Waals surface area contributed by atoms with Crippen molar-refractivity contribution in [3.05, 3.63) is 69.2 Å². The highest BCUT2D eigenvalue weighted by Crippen LogP contribution is 2.20. The quantitative estimate of drug-likeness (QED) is 0.844. The Morgan fingerprint density at radius 3 is 2.33 bits per heavy atom. The monoisotopic (exact) mass is 317 g/mol. The molecule has 2 rings (SSSR count). The lowest BCUT2D eigenvalue weighted by Crippen LogP contribution is -2.01. The summed E-state index contributed by atoms with van der Waals surface area (Å²) in [6.07, 6.45) is 0. The van der Waals surface area contributed by atoms with Gasteiger partial charge in [-0.25, -0.2) is 0 Å². The molecule has 0 aliphatic heterocycles. The highest BCUT2D eigenvalue weighted by molar-refractivity contribution is 7.83. The van der Waals surface area contributed by atoms with Crippen molar-refractivity contribution in [1.29, 1.82) is 5.26 Å². The summed E-state index contributed by atoms with van der Waals surface area (Å²) in [5.41, 5.74) is 4.77. The Hall–Kier alpha value is -1.63. The lowest BCUT2D eigenvalue weighted by Gasteiger charge is -2.07. The van der Waals surface area contributed by atoms with Crippen LogP contribution in [0.4, 0.5) is 0 Å². The lowest BCUT2D eigenvalue weighted by molar-refractivity contribution is 0.682. The minimum Gasteiger partial charge on any atom is -0.259 e. The second-order valence-corrected chi connectivity index (χ2v) is 7.01.